The molecule has 0 fully saturated rings. The van der Waals surface area contributed by atoms with Crippen LogP contribution in [0.4, 0.5) is 0 Å². The number of esters is 1. The number of aryl methyl sites for hydroxylation is 1. The van der Waals surface area contributed by atoms with Gasteiger partial charge >= 0.3 is 5.97 Å². The predicted octanol–water partition coefficient (Wildman–Crippen LogP) is 4.79. The standard InChI is InChI=1S/C27H24O7/c1-16-12-19(33-23(28)13-17-8-6-5-7-9-17)15-21-24(16)25(29)22(34-21)14-18-10-11-20(30-2)27(32-4)26(18)31-3/h5-12,14-15H,13H2,1-4H3/b22-14-. The lowest BCUT2D eigenvalue weighted by Crippen LogP contribution is -2.11. The highest BCUT2D eigenvalue weighted by Crippen LogP contribution is 2.42. The van der Waals surface area contributed by atoms with Crippen LogP contribution in [0.2, 0.25) is 0 Å². The van der Waals surface area contributed by atoms with Crippen LogP contribution in [-0.4, -0.2) is 33.1 Å². The molecule has 0 unspecified atom stereocenters. The zero-order valence-electron chi connectivity index (χ0n) is 19.3. The minimum atomic E-state index is -0.402. The molecular formula is C27H24O7. The van der Waals surface area contributed by atoms with Gasteiger partial charge in [0, 0.05) is 11.6 Å². The van der Waals surface area contributed by atoms with E-state index in [0.717, 1.165) is 5.56 Å². The molecule has 1 heterocycles. The van der Waals surface area contributed by atoms with Gasteiger partial charge in [0.15, 0.2) is 17.3 Å². The van der Waals surface area contributed by atoms with Crippen LogP contribution in [0.5, 0.6) is 28.7 Å². The molecule has 7 heteroatoms. The van der Waals surface area contributed by atoms with E-state index in [0.29, 0.717) is 45.4 Å². The molecule has 4 rings (SSSR count). The average molecular weight is 460 g/mol. The number of Topliss-reactive ketones (excluding diaryl/α,β-unsaturated/α-hetero) is 1. The smallest absolute Gasteiger partial charge is 0.315 e. The lowest BCUT2D eigenvalue weighted by atomic mass is 10.0. The minimum absolute atomic E-state index is 0.122. The zero-order chi connectivity index (χ0) is 24.2. The first kappa shape index (κ1) is 22.9. The van der Waals surface area contributed by atoms with Crippen LogP contribution >= 0.6 is 0 Å². The highest BCUT2D eigenvalue weighted by Gasteiger charge is 2.31. The van der Waals surface area contributed by atoms with Gasteiger partial charge in [-0.05, 0) is 42.3 Å². The second-order valence-electron chi connectivity index (χ2n) is 7.61. The Bertz CT molecular complexity index is 1280. The Kier molecular flexibility index (Phi) is 6.54. The Morgan fingerprint density at radius 2 is 1.68 bits per heavy atom. The highest BCUT2D eigenvalue weighted by molar-refractivity contribution is 6.15. The van der Waals surface area contributed by atoms with Crippen LogP contribution in [0, 0.1) is 6.92 Å². The molecule has 0 aromatic heterocycles. The molecule has 7 nitrogen and oxygen atoms in total. The molecule has 3 aromatic carbocycles. The lowest BCUT2D eigenvalue weighted by Gasteiger charge is -2.14. The molecule has 1 aliphatic heterocycles. The highest BCUT2D eigenvalue weighted by atomic mass is 16.5. The predicted molar refractivity (Wildman–Crippen MR) is 126 cm³/mol. The van der Waals surface area contributed by atoms with Gasteiger partial charge in [-0.15, -0.1) is 0 Å². The maximum atomic E-state index is 13.1. The third-order valence-electron chi connectivity index (χ3n) is 5.39. The number of carbonyl (C=O) groups is 2. The summed E-state index contributed by atoms with van der Waals surface area (Å²) in [6, 6.07) is 16.0. The van der Waals surface area contributed by atoms with Gasteiger partial charge in [0.1, 0.15) is 11.5 Å². The van der Waals surface area contributed by atoms with Crippen molar-refractivity contribution in [2.75, 3.05) is 21.3 Å². The number of fused-ring (bicyclic) bond motifs is 1. The van der Waals surface area contributed by atoms with Crippen molar-refractivity contribution >= 4 is 17.8 Å². The summed E-state index contributed by atoms with van der Waals surface area (Å²) in [5.74, 6) is 1.41. The Morgan fingerprint density at radius 1 is 0.941 bits per heavy atom. The molecule has 0 spiro atoms. The summed E-state index contributed by atoms with van der Waals surface area (Å²) < 4.78 is 27.6. The van der Waals surface area contributed by atoms with Crippen molar-refractivity contribution in [3.63, 3.8) is 0 Å². The summed E-state index contributed by atoms with van der Waals surface area (Å²) in [6.07, 6.45) is 1.73. The van der Waals surface area contributed by atoms with E-state index in [4.69, 9.17) is 23.7 Å². The molecule has 3 aromatic rings. The maximum absolute atomic E-state index is 13.1. The van der Waals surface area contributed by atoms with Gasteiger partial charge in [0.2, 0.25) is 11.5 Å². The van der Waals surface area contributed by atoms with E-state index in [9.17, 15) is 9.59 Å². The van der Waals surface area contributed by atoms with Crippen molar-refractivity contribution < 1.29 is 33.3 Å². The number of hydrogen-bond acceptors (Lipinski definition) is 7. The van der Waals surface area contributed by atoms with E-state index in [1.807, 2.05) is 30.3 Å². The summed E-state index contributed by atoms with van der Waals surface area (Å²) in [5.41, 5.74) is 2.51. The summed E-state index contributed by atoms with van der Waals surface area (Å²) in [5, 5.41) is 0. The monoisotopic (exact) mass is 460 g/mol. The van der Waals surface area contributed by atoms with Gasteiger partial charge in [-0.3, -0.25) is 9.59 Å². The fourth-order valence-corrected chi connectivity index (χ4v) is 3.85. The van der Waals surface area contributed by atoms with Crippen molar-refractivity contribution in [2.45, 2.75) is 13.3 Å². The van der Waals surface area contributed by atoms with Gasteiger partial charge < -0.3 is 23.7 Å². The topological polar surface area (TPSA) is 80.3 Å². The Morgan fingerprint density at radius 3 is 2.35 bits per heavy atom. The second-order valence-corrected chi connectivity index (χ2v) is 7.61. The summed E-state index contributed by atoms with van der Waals surface area (Å²) in [4.78, 5) is 25.4. The number of ether oxygens (including phenoxy) is 5. The van der Waals surface area contributed by atoms with E-state index < -0.39 is 5.97 Å². The van der Waals surface area contributed by atoms with Crippen molar-refractivity contribution in [3.05, 3.63) is 82.6 Å². The summed E-state index contributed by atoms with van der Waals surface area (Å²) in [7, 11) is 4.54. The van der Waals surface area contributed by atoms with E-state index in [1.165, 1.54) is 21.3 Å². The van der Waals surface area contributed by atoms with Gasteiger partial charge in [-0.25, -0.2) is 0 Å². The van der Waals surface area contributed by atoms with E-state index in [2.05, 4.69) is 0 Å². The first-order chi connectivity index (χ1) is 16.4. The van der Waals surface area contributed by atoms with Crippen molar-refractivity contribution in [3.8, 4) is 28.7 Å². The molecule has 34 heavy (non-hydrogen) atoms. The number of carbonyl (C=O) groups excluding carboxylic acids is 2. The number of methoxy groups -OCH3 is 3. The van der Waals surface area contributed by atoms with E-state index >= 15 is 0 Å². The third-order valence-corrected chi connectivity index (χ3v) is 5.39. The molecule has 0 bridgehead atoms. The normalized spacial score (nSPS) is 13.3. The van der Waals surface area contributed by atoms with Crippen LogP contribution < -0.4 is 23.7 Å². The molecule has 0 atom stereocenters. The molecule has 0 saturated carbocycles. The molecule has 1 aliphatic rings. The Hall–Kier alpha value is -4.26. The van der Waals surface area contributed by atoms with Crippen molar-refractivity contribution in [1.82, 2.24) is 0 Å². The zero-order valence-corrected chi connectivity index (χ0v) is 19.3. The fraction of sp³-hybridized carbons (Fsp3) is 0.185. The summed E-state index contributed by atoms with van der Waals surface area (Å²) >= 11 is 0. The van der Waals surface area contributed by atoms with E-state index in [-0.39, 0.29) is 18.0 Å². The first-order valence-electron chi connectivity index (χ1n) is 10.6. The quantitative estimate of drug-likeness (QED) is 0.285. The SMILES string of the molecule is COc1ccc(/C=C2\Oc3cc(OC(=O)Cc4ccccc4)cc(C)c3C2=O)c(OC)c1OC. The van der Waals surface area contributed by atoms with Gasteiger partial charge in [-0.1, -0.05) is 30.3 Å². The largest absolute Gasteiger partial charge is 0.493 e. The Balaban J connectivity index is 1.60. The number of benzene rings is 3. The number of allylic oxidation sites excluding steroid dienone is 1. The van der Waals surface area contributed by atoms with Crippen LogP contribution in [0.25, 0.3) is 6.08 Å². The fourth-order valence-electron chi connectivity index (χ4n) is 3.85. The maximum Gasteiger partial charge on any atom is 0.315 e. The summed E-state index contributed by atoms with van der Waals surface area (Å²) in [6.45, 7) is 1.77. The number of rotatable bonds is 7. The molecule has 0 N–H and O–H groups in total. The molecule has 0 aliphatic carbocycles. The third kappa shape index (κ3) is 4.45. The van der Waals surface area contributed by atoms with Crippen LogP contribution in [0.15, 0.2) is 60.4 Å². The molecule has 0 radical (unpaired) electrons. The van der Waals surface area contributed by atoms with Gasteiger partial charge in [0.05, 0.1) is 33.3 Å². The molecular weight excluding hydrogens is 436 g/mol. The van der Waals surface area contributed by atoms with Gasteiger partial charge in [0.25, 0.3) is 0 Å². The van der Waals surface area contributed by atoms with Crippen LogP contribution in [0.1, 0.15) is 27.0 Å². The number of hydrogen-bond donors (Lipinski definition) is 0. The first-order valence-corrected chi connectivity index (χ1v) is 10.6. The number of ketones is 1. The van der Waals surface area contributed by atoms with E-state index in [1.54, 1.807) is 37.3 Å². The molecule has 0 saturated heterocycles. The lowest BCUT2D eigenvalue weighted by molar-refractivity contribution is -0.133. The second kappa shape index (κ2) is 9.70. The van der Waals surface area contributed by atoms with Crippen LogP contribution in [0.3, 0.4) is 0 Å². The van der Waals surface area contributed by atoms with Gasteiger partial charge in [-0.2, -0.15) is 0 Å². The molecule has 174 valence electrons. The minimum Gasteiger partial charge on any atom is -0.493 e. The Labute approximate surface area is 197 Å². The molecule has 0 amide bonds. The van der Waals surface area contributed by atoms with Crippen LogP contribution in [-0.2, 0) is 11.2 Å². The average Bonchev–Trinajstić information content (AvgIpc) is 3.14. The van der Waals surface area contributed by atoms with Crippen molar-refractivity contribution in [2.24, 2.45) is 0 Å². The van der Waals surface area contributed by atoms with Crippen molar-refractivity contribution in [1.29, 1.82) is 0 Å².